The number of allylic oxidation sites excluding steroid dienone is 1. The van der Waals surface area contributed by atoms with Crippen LogP contribution in [-0.4, -0.2) is 20.0 Å². The minimum Gasteiger partial charge on any atom is -0.359 e. The van der Waals surface area contributed by atoms with Gasteiger partial charge < -0.3 is 9.47 Å². The topological polar surface area (TPSA) is 18.5 Å². The van der Waals surface area contributed by atoms with E-state index in [0.29, 0.717) is 6.79 Å². The average molecular weight is 200 g/mol. The van der Waals surface area contributed by atoms with E-state index >= 15 is 0 Å². The lowest BCUT2D eigenvalue weighted by molar-refractivity contribution is -0.0872. The lowest BCUT2D eigenvalue weighted by atomic mass is 9.88. The maximum absolute atomic E-state index is 5.59. The van der Waals surface area contributed by atoms with E-state index < -0.39 is 0 Å². The third-order valence-electron chi connectivity index (χ3n) is 1.99. The molecule has 0 aliphatic rings. The number of hydrogen-bond donors (Lipinski definition) is 0. The molecule has 0 aromatic rings. The van der Waals surface area contributed by atoms with E-state index in [4.69, 9.17) is 9.47 Å². The quantitative estimate of drug-likeness (QED) is 0.483. The summed E-state index contributed by atoms with van der Waals surface area (Å²) < 4.78 is 10.5. The number of unbranched alkanes of at least 4 members (excludes halogenated alkanes) is 1. The van der Waals surface area contributed by atoms with Gasteiger partial charge in [-0.3, -0.25) is 0 Å². The monoisotopic (exact) mass is 200 g/mol. The van der Waals surface area contributed by atoms with Crippen molar-refractivity contribution in [2.45, 2.75) is 46.6 Å². The zero-order chi connectivity index (χ0) is 11.0. The average Bonchev–Trinajstić information content (AvgIpc) is 2.09. The summed E-state index contributed by atoms with van der Waals surface area (Å²) in [6.45, 7) is 9.04. The molecule has 0 fully saturated rings. The third kappa shape index (κ3) is 6.17. The van der Waals surface area contributed by atoms with E-state index in [9.17, 15) is 0 Å². The van der Waals surface area contributed by atoms with Crippen LogP contribution >= 0.6 is 0 Å². The molecule has 1 atom stereocenters. The lowest BCUT2D eigenvalue weighted by Crippen LogP contribution is -2.28. The van der Waals surface area contributed by atoms with Crippen LogP contribution in [0.1, 0.15) is 40.5 Å². The maximum Gasteiger partial charge on any atom is 0.147 e. The van der Waals surface area contributed by atoms with Crippen molar-refractivity contribution in [1.82, 2.24) is 0 Å². The van der Waals surface area contributed by atoms with Crippen LogP contribution < -0.4 is 0 Å². The molecule has 0 aliphatic heterocycles. The molecule has 0 heterocycles. The second kappa shape index (κ2) is 7.02. The van der Waals surface area contributed by atoms with Crippen LogP contribution in [0.3, 0.4) is 0 Å². The fourth-order valence-corrected chi connectivity index (χ4v) is 1.12. The molecule has 14 heavy (non-hydrogen) atoms. The first kappa shape index (κ1) is 13.7. The minimum absolute atomic E-state index is 0.128. The van der Waals surface area contributed by atoms with Gasteiger partial charge in [0.1, 0.15) is 6.79 Å². The Labute approximate surface area is 88.3 Å². The molecule has 0 saturated heterocycles. The summed E-state index contributed by atoms with van der Waals surface area (Å²) in [5, 5.41) is 0. The van der Waals surface area contributed by atoms with Gasteiger partial charge >= 0.3 is 0 Å². The number of hydrogen-bond acceptors (Lipinski definition) is 2. The Hall–Kier alpha value is -0.340. The second-order valence-electron chi connectivity index (χ2n) is 4.58. The molecule has 0 spiro atoms. The smallest absolute Gasteiger partial charge is 0.147 e. The van der Waals surface area contributed by atoms with Gasteiger partial charge in [-0.05, 0) is 11.8 Å². The van der Waals surface area contributed by atoms with Gasteiger partial charge in [0.2, 0.25) is 0 Å². The van der Waals surface area contributed by atoms with Crippen molar-refractivity contribution < 1.29 is 9.47 Å². The third-order valence-corrected chi connectivity index (χ3v) is 1.99. The molecule has 1 unspecified atom stereocenters. The molecule has 2 heteroatoms. The van der Waals surface area contributed by atoms with Gasteiger partial charge in [0.05, 0.1) is 6.10 Å². The largest absolute Gasteiger partial charge is 0.359 e. The van der Waals surface area contributed by atoms with Crippen LogP contribution in [0.15, 0.2) is 12.2 Å². The van der Waals surface area contributed by atoms with E-state index in [0.717, 1.165) is 6.42 Å². The summed E-state index contributed by atoms with van der Waals surface area (Å²) in [5.74, 6) is 0. The second-order valence-corrected chi connectivity index (χ2v) is 4.58. The SMILES string of the molecule is CCC/C=C/C(OCOC)C(C)(C)C. The molecule has 0 saturated carbocycles. The first-order chi connectivity index (χ1) is 6.52. The van der Waals surface area contributed by atoms with Crippen molar-refractivity contribution in [2.75, 3.05) is 13.9 Å². The van der Waals surface area contributed by atoms with Gasteiger partial charge in [0.15, 0.2) is 0 Å². The molecule has 0 rings (SSSR count). The molecule has 0 aromatic carbocycles. The lowest BCUT2D eigenvalue weighted by Gasteiger charge is -2.27. The van der Waals surface area contributed by atoms with Crippen molar-refractivity contribution in [3.8, 4) is 0 Å². The maximum atomic E-state index is 5.59. The number of ether oxygens (including phenoxy) is 2. The predicted octanol–water partition coefficient (Wildman–Crippen LogP) is 3.38. The van der Waals surface area contributed by atoms with Crippen LogP contribution in [0.4, 0.5) is 0 Å². The zero-order valence-corrected chi connectivity index (χ0v) is 10.2. The van der Waals surface area contributed by atoms with Crippen molar-refractivity contribution in [3.63, 3.8) is 0 Å². The first-order valence-electron chi connectivity index (χ1n) is 5.29. The van der Waals surface area contributed by atoms with E-state index in [1.807, 2.05) is 0 Å². The van der Waals surface area contributed by atoms with Crippen molar-refractivity contribution in [1.29, 1.82) is 0 Å². The van der Waals surface area contributed by atoms with Crippen molar-refractivity contribution >= 4 is 0 Å². The van der Waals surface area contributed by atoms with Gasteiger partial charge in [-0.25, -0.2) is 0 Å². The van der Waals surface area contributed by atoms with Crippen LogP contribution in [0.5, 0.6) is 0 Å². The van der Waals surface area contributed by atoms with Gasteiger partial charge in [0.25, 0.3) is 0 Å². The Morgan fingerprint density at radius 3 is 2.36 bits per heavy atom. The standard InChI is InChI=1S/C12H24O2/c1-6-7-8-9-11(12(2,3)4)14-10-13-5/h8-9,11H,6-7,10H2,1-5H3/b9-8+. The highest BCUT2D eigenvalue weighted by molar-refractivity contribution is 4.95. The molecular formula is C12H24O2. The minimum atomic E-state index is 0.128. The van der Waals surface area contributed by atoms with Crippen LogP contribution in [0, 0.1) is 5.41 Å². The van der Waals surface area contributed by atoms with E-state index in [-0.39, 0.29) is 11.5 Å². The molecule has 84 valence electrons. The summed E-state index contributed by atoms with van der Waals surface area (Å²) in [4.78, 5) is 0. The molecule has 0 bridgehead atoms. The Balaban J connectivity index is 4.11. The fraction of sp³-hybridized carbons (Fsp3) is 0.833. The summed E-state index contributed by atoms with van der Waals surface area (Å²) in [7, 11) is 1.65. The Bertz CT molecular complexity index is 156. The summed E-state index contributed by atoms with van der Waals surface area (Å²) >= 11 is 0. The van der Waals surface area contributed by atoms with E-state index in [1.165, 1.54) is 6.42 Å². The zero-order valence-electron chi connectivity index (χ0n) is 10.2. The molecule has 0 aromatic heterocycles. The van der Waals surface area contributed by atoms with Crippen molar-refractivity contribution in [3.05, 3.63) is 12.2 Å². The van der Waals surface area contributed by atoms with E-state index in [2.05, 4.69) is 39.8 Å². The summed E-state index contributed by atoms with van der Waals surface area (Å²) in [6, 6.07) is 0. The van der Waals surface area contributed by atoms with Gasteiger partial charge in [0, 0.05) is 7.11 Å². The number of rotatable bonds is 6. The first-order valence-corrected chi connectivity index (χ1v) is 5.29. The Morgan fingerprint density at radius 1 is 1.29 bits per heavy atom. The highest BCUT2D eigenvalue weighted by atomic mass is 16.7. The number of methoxy groups -OCH3 is 1. The van der Waals surface area contributed by atoms with Crippen LogP contribution in [-0.2, 0) is 9.47 Å². The highest BCUT2D eigenvalue weighted by Gasteiger charge is 2.22. The van der Waals surface area contributed by atoms with Crippen LogP contribution in [0.2, 0.25) is 0 Å². The predicted molar refractivity (Wildman–Crippen MR) is 60.3 cm³/mol. The van der Waals surface area contributed by atoms with Crippen LogP contribution in [0.25, 0.3) is 0 Å². The summed E-state index contributed by atoms with van der Waals surface area (Å²) in [6.07, 6.45) is 6.75. The van der Waals surface area contributed by atoms with Gasteiger partial charge in [-0.15, -0.1) is 0 Å². The molecule has 0 N–H and O–H groups in total. The Kier molecular flexibility index (Phi) is 6.85. The van der Waals surface area contributed by atoms with Gasteiger partial charge in [-0.1, -0.05) is 46.3 Å². The van der Waals surface area contributed by atoms with Gasteiger partial charge in [-0.2, -0.15) is 0 Å². The summed E-state index contributed by atoms with van der Waals surface area (Å²) in [5.41, 5.74) is 0.128. The Morgan fingerprint density at radius 2 is 1.93 bits per heavy atom. The molecule has 0 aliphatic carbocycles. The fourth-order valence-electron chi connectivity index (χ4n) is 1.12. The molecule has 0 amide bonds. The van der Waals surface area contributed by atoms with E-state index in [1.54, 1.807) is 7.11 Å². The molecule has 2 nitrogen and oxygen atoms in total. The normalized spacial score (nSPS) is 14.9. The molecule has 0 radical (unpaired) electrons. The van der Waals surface area contributed by atoms with Crippen molar-refractivity contribution in [2.24, 2.45) is 5.41 Å². The highest BCUT2D eigenvalue weighted by Crippen LogP contribution is 2.23. The molecular weight excluding hydrogens is 176 g/mol.